The van der Waals surface area contributed by atoms with Crippen molar-refractivity contribution in [1.29, 1.82) is 0 Å². The Balaban J connectivity index is 2.03. The minimum absolute atomic E-state index is 0.0105. The zero-order chi connectivity index (χ0) is 30.2. The largest absolute Gasteiger partial charge is 0.497 e. The first-order chi connectivity index (χ1) is 19.5. The smallest absolute Gasteiger partial charge is 0.264 e. The fourth-order valence-electron chi connectivity index (χ4n) is 4.24. The lowest BCUT2D eigenvalue weighted by Gasteiger charge is -2.33. The molecule has 0 saturated carbocycles. The molecule has 0 bridgehead atoms. The van der Waals surface area contributed by atoms with Crippen LogP contribution in [-0.2, 0) is 26.2 Å². The van der Waals surface area contributed by atoms with Gasteiger partial charge < -0.3 is 15.0 Å². The molecule has 0 aliphatic rings. The first kappa shape index (κ1) is 31.6. The number of benzene rings is 3. The van der Waals surface area contributed by atoms with Crippen LogP contribution < -0.4 is 14.4 Å². The van der Waals surface area contributed by atoms with E-state index in [0.29, 0.717) is 18.7 Å². The summed E-state index contributed by atoms with van der Waals surface area (Å²) >= 11 is 0. The van der Waals surface area contributed by atoms with Crippen LogP contribution in [0.3, 0.4) is 0 Å². The third kappa shape index (κ3) is 8.29. The third-order valence-corrected chi connectivity index (χ3v) is 8.37. The number of methoxy groups -OCH3 is 1. The number of aryl methyl sites for hydroxylation is 1. The number of hydrogen-bond donors (Lipinski definition) is 1. The van der Waals surface area contributed by atoms with Crippen LogP contribution in [0.25, 0.3) is 0 Å². The van der Waals surface area contributed by atoms with Gasteiger partial charge in [-0.15, -0.1) is 0 Å². The Labute approximate surface area is 242 Å². The van der Waals surface area contributed by atoms with E-state index in [9.17, 15) is 22.4 Å². The van der Waals surface area contributed by atoms with Crippen molar-refractivity contribution in [2.45, 2.75) is 51.6 Å². The van der Waals surface area contributed by atoms with Crippen LogP contribution in [0.4, 0.5) is 10.1 Å². The number of amides is 2. The summed E-state index contributed by atoms with van der Waals surface area (Å²) in [6.07, 6.45) is 0.313. The molecule has 3 rings (SSSR count). The molecule has 220 valence electrons. The maximum Gasteiger partial charge on any atom is 0.264 e. The van der Waals surface area contributed by atoms with E-state index in [4.69, 9.17) is 4.74 Å². The highest BCUT2D eigenvalue weighted by atomic mass is 32.2. The van der Waals surface area contributed by atoms with Gasteiger partial charge in [0.1, 0.15) is 24.2 Å². The number of hydrogen-bond acceptors (Lipinski definition) is 5. The highest BCUT2D eigenvalue weighted by Gasteiger charge is 2.33. The Morgan fingerprint density at radius 3 is 2.10 bits per heavy atom. The summed E-state index contributed by atoms with van der Waals surface area (Å²) in [5.41, 5.74) is 1.74. The van der Waals surface area contributed by atoms with Gasteiger partial charge in [-0.05, 0) is 73.4 Å². The summed E-state index contributed by atoms with van der Waals surface area (Å²) in [4.78, 5) is 28.7. The monoisotopic (exact) mass is 583 g/mol. The number of rotatable bonds is 13. The number of nitrogens with one attached hydrogen (secondary N) is 1. The van der Waals surface area contributed by atoms with E-state index >= 15 is 0 Å². The zero-order valence-electron chi connectivity index (χ0n) is 24.1. The average Bonchev–Trinajstić information content (AvgIpc) is 2.95. The average molecular weight is 584 g/mol. The van der Waals surface area contributed by atoms with Crippen molar-refractivity contribution in [1.82, 2.24) is 10.2 Å². The van der Waals surface area contributed by atoms with Crippen molar-refractivity contribution < 1.29 is 27.1 Å². The van der Waals surface area contributed by atoms with Gasteiger partial charge >= 0.3 is 0 Å². The second kappa shape index (κ2) is 14.1. The molecule has 0 saturated heterocycles. The van der Waals surface area contributed by atoms with E-state index < -0.39 is 34.3 Å². The van der Waals surface area contributed by atoms with Crippen LogP contribution in [0.1, 0.15) is 38.3 Å². The fraction of sp³-hybridized carbons (Fsp3) is 0.355. The molecule has 0 aliphatic carbocycles. The number of anilines is 1. The highest BCUT2D eigenvalue weighted by Crippen LogP contribution is 2.25. The van der Waals surface area contributed by atoms with Crippen LogP contribution in [-0.4, -0.2) is 51.4 Å². The van der Waals surface area contributed by atoms with E-state index in [1.807, 2.05) is 20.8 Å². The molecular weight excluding hydrogens is 545 g/mol. The van der Waals surface area contributed by atoms with Crippen LogP contribution in [0.2, 0.25) is 0 Å². The molecule has 0 radical (unpaired) electrons. The van der Waals surface area contributed by atoms with Gasteiger partial charge in [-0.3, -0.25) is 13.9 Å². The van der Waals surface area contributed by atoms with Gasteiger partial charge in [-0.2, -0.15) is 0 Å². The molecule has 41 heavy (non-hydrogen) atoms. The molecule has 2 amide bonds. The summed E-state index contributed by atoms with van der Waals surface area (Å²) < 4.78 is 47.6. The molecule has 0 heterocycles. The molecule has 0 aromatic heterocycles. The SMILES string of the molecule is CC[C@H](C(=O)NCC(C)C)N(Cc1ccc(OC)cc1)C(=O)CN(c1ccc(F)cc1)S(=O)(=O)c1ccc(C)cc1. The first-order valence-corrected chi connectivity index (χ1v) is 14.9. The van der Waals surface area contributed by atoms with Crippen molar-refractivity contribution in [2.75, 3.05) is 24.5 Å². The number of sulfonamides is 1. The van der Waals surface area contributed by atoms with Crippen molar-refractivity contribution in [2.24, 2.45) is 5.92 Å². The molecular formula is C31H38FN3O5S. The highest BCUT2D eigenvalue weighted by molar-refractivity contribution is 7.92. The Morgan fingerprint density at radius 2 is 1.56 bits per heavy atom. The second-order valence-electron chi connectivity index (χ2n) is 10.2. The van der Waals surface area contributed by atoms with E-state index in [1.54, 1.807) is 50.4 Å². The maximum absolute atomic E-state index is 14.0. The minimum Gasteiger partial charge on any atom is -0.497 e. The van der Waals surface area contributed by atoms with Crippen molar-refractivity contribution in [3.05, 3.63) is 89.7 Å². The summed E-state index contributed by atoms with van der Waals surface area (Å²) in [6.45, 7) is 7.49. The van der Waals surface area contributed by atoms with Gasteiger partial charge in [-0.25, -0.2) is 12.8 Å². The van der Waals surface area contributed by atoms with Gasteiger partial charge in [0.2, 0.25) is 11.8 Å². The van der Waals surface area contributed by atoms with Crippen LogP contribution in [0.15, 0.2) is 77.7 Å². The van der Waals surface area contributed by atoms with Crippen molar-refractivity contribution in [3.8, 4) is 5.75 Å². The van der Waals surface area contributed by atoms with E-state index in [2.05, 4.69) is 5.32 Å². The molecule has 0 spiro atoms. The minimum atomic E-state index is -4.22. The lowest BCUT2D eigenvalue weighted by atomic mass is 10.1. The van der Waals surface area contributed by atoms with Gasteiger partial charge in [0.05, 0.1) is 17.7 Å². The van der Waals surface area contributed by atoms with Gasteiger partial charge in [0, 0.05) is 13.1 Å². The topological polar surface area (TPSA) is 96.0 Å². The lowest BCUT2D eigenvalue weighted by molar-refractivity contribution is -0.140. The van der Waals surface area contributed by atoms with Gasteiger partial charge in [0.25, 0.3) is 10.0 Å². The normalized spacial score (nSPS) is 12.1. The zero-order valence-corrected chi connectivity index (χ0v) is 24.9. The molecule has 1 atom stereocenters. The standard InChI is InChI=1S/C31H38FN3O5S/c1-6-29(31(37)33-19-22(2)3)34(20-24-9-15-27(40-5)16-10-24)30(36)21-35(26-13-11-25(32)12-14-26)41(38,39)28-17-7-23(4)8-18-28/h7-18,22,29H,6,19-21H2,1-5H3,(H,33,37)/t29-/m1/s1. The molecule has 1 N–H and O–H groups in total. The molecule has 0 fully saturated rings. The number of carbonyl (C=O) groups excluding carboxylic acids is 2. The van der Waals surface area contributed by atoms with Crippen molar-refractivity contribution >= 4 is 27.5 Å². The van der Waals surface area contributed by atoms with E-state index in [-0.39, 0.29) is 29.0 Å². The summed E-state index contributed by atoms with van der Waals surface area (Å²) in [5.74, 6) is -0.595. The Bertz CT molecular complexity index is 1410. The molecule has 3 aromatic carbocycles. The molecule has 10 heteroatoms. The van der Waals surface area contributed by atoms with E-state index in [1.165, 1.54) is 29.2 Å². The Morgan fingerprint density at radius 1 is 0.951 bits per heavy atom. The Kier molecular flexibility index (Phi) is 10.9. The summed E-state index contributed by atoms with van der Waals surface area (Å²) in [6, 6.07) is 17.4. The molecule has 3 aromatic rings. The number of nitrogens with zero attached hydrogens (tertiary/aromatic N) is 2. The second-order valence-corrected chi connectivity index (χ2v) is 12.1. The first-order valence-electron chi connectivity index (χ1n) is 13.5. The number of halogens is 1. The molecule has 0 aliphatic heterocycles. The van der Waals surface area contributed by atoms with Gasteiger partial charge in [0.15, 0.2) is 0 Å². The predicted molar refractivity (Wildman–Crippen MR) is 158 cm³/mol. The molecule has 8 nitrogen and oxygen atoms in total. The lowest BCUT2D eigenvalue weighted by Crippen LogP contribution is -2.52. The predicted octanol–water partition coefficient (Wildman–Crippen LogP) is 4.92. The fourth-order valence-corrected chi connectivity index (χ4v) is 5.66. The van der Waals surface area contributed by atoms with E-state index in [0.717, 1.165) is 27.6 Å². The maximum atomic E-state index is 14.0. The quantitative estimate of drug-likeness (QED) is 0.308. The van der Waals surface area contributed by atoms with Gasteiger partial charge in [-0.1, -0.05) is 50.6 Å². The Hall–Kier alpha value is -3.92. The van der Waals surface area contributed by atoms with Crippen LogP contribution in [0.5, 0.6) is 5.75 Å². The van der Waals surface area contributed by atoms with Crippen LogP contribution >= 0.6 is 0 Å². The molecule has 0 unspecified atom stereocenters. The van der Waals surface area contributed by atoms with Crippen molar-refractivity contribution in [3.63, 3.8) is 0 Å². The summed E-state index contributed by atoms with van der Waals surface area (Å²) in [7, 11) is -2.67. The van der Waals surface area contributed by atoms with Crippen LogP contribution in [0, 0.1) is 18.7 Å². The third-order valence-electron chi connectivity index (χ3n) is 6.58. The summed E-state index contributed by atoms with van der Waals surface area (Å²) in [5, 5.41) is 2.90. The number of ether oxygens (including phenoxy) is 1. The number of carbonyl (C=O) groups is 2.